The van der Waals surface area contributed by atoms with Crippen LogP contribution in [0, 0.1) is 12.8 Å². The van der Waals surface area contributed by atoms with Gasteiger partial charge in [0.25, 0.3) is 5.91 Å². The Morgan fingerprint density at radius 2 is 1.97 bits per heavy atom. The molecule has 1 aliphatic carbocycles. The molecule has 0 spiro atoms. The third-order valence-electron chi connectivity index (χ3n) is 6.04. The van der Waals surface area contributed by atoms with E-state index < -0.39 is 23.7 Å². The van der Waals surface area contributed by atoms with Crippen LogP contribution in [0.5, 0.6) is 0 Å². The quantitative estimate of drug-likeness (QED) is 0.831. The fraction of sp³-hybridized carbons (Fsp3) is 0.571. The highest BCUT2D eigenvalue weighted by Crippen LogP contribution is 2.33. The second-order valence-corrected chi connectivity index (χ2v) is 8.18. The summed E-state index contributed by atoms with van der Waals surface area (Å²) < 4.78 is 38.6. The Morgan fingerprint density at radius 3 is 2.59 bits per heavy atom. The van der Waals surface area contributed by atoms with Crippen LogP contribution in [0.4, 0.5) is 13.2 Å². The van der Waals surface area contributed by atoms with Crippen LogP contribution in [0.15, 0.2) is 24.3 Å². The van der Waals surface area contributed by atoms with Gasteiger partial charge in [0.15, 0.2) is 0 Å². The van der Waals surface area contributed by atoms with Crippen LogP contribution < -0.4 is 5.32 Å². The Labute approximate surface area is 169 Å². The van der Waals surface area contributed by atoms with Gasteiger partial charge in [-0.05, 0) is 70.8 Å². The van der Waals surface area contributed by atoms with Crippen molar-refractivity contribution >= 4 is 11.8 Å². The molecule has 5 nitrogen and oxygen atoms in total. The number of carbonyl (C=O) groups excluding carboxylic acids is 2. The minimum atomic E-state index is -4.52. The van der Waals surface area contributed by atoms with Crippen LogP contribution >= 0.6 is 0 Å². The highest BCUT2D eigenvalue weighted by atomic mass is 19.4. The predicted molar refractivity (Wildman–Crippen MR) is 103 cm³/mol. The molecular formula is C21H27F3N3O2. The molecule has 1 heterocycles. The van der Waals surface area contributed by atoms with Gasteiger partial charge in [-0.25, -0.2) is 0 Å². The predicted octanol–water partition coefficient (Wildman–Crippen LogP) is 2.97. The number of nitrogens with one attached hydrogen (secondary N) is 1. The van der Waals surface area contributed by atoms with Gasteiger partial charge in [0.2, 0.25) is 5.91 Å². The number of likely N-dealkylation sites (tertiary alicyclic amines) is 1. The molecule has 0 bridgehead atoms. The average molecular weight is 410 g/mol. The van der Waals surface area contributed by atoms with Crippen molar-refractivity contribution < 1.29 is 22.8 Å². The number of amides is 2. The molecule has 29 heavy (non-hydrogen) atoms. The van der Waals surface area contributed by atoms with E-state index in [9.17, 15) is 22.8 Å². The number of rotatable bonds is 4. The van der Waals surface area contributed by atoms with E-state index in [4.69, 9.17) is 0 Å². The molecule has 2 amide bonds. The van der Waals surface area contributed by atoms with Gasteiger partial charge in [-0.1, -0.05) is 6.07 Å². The third-order valence-corrected chi connectivity index (χ3v) is 6.04. The zero-order valence-electron chi connectivity index (χ0n) is 16.7. The lowest BCUT2D eigenvalue weighted by Gasteiger charge is -2.41. The molecule has 1 saturated heterocycles. The number of hydrogen-bond donors (Lipinski definition) is 1. The minimum absolute atomic E-state index is 0.0363. The second-order valence-electron chi connectivity index (χ2n) is 8.18. The van der Waals surface area contributed by atoms with E-state index in [2.05, 4.69) is 17.1 Å². The Balaban J connectivity index is 1.63. The van der Waals surface area contributed by atoms with Crippen molar-refractivity contribution in [3.63, 3.8) is 0 Å². The molecule has 1 aliphatic heterocycles. The Hall–Kier alpha value is -2.09. The van der Waals surface area contributed by atoms with Crippen molar-refractivity contribution in [2.75, 3.05) is 20.6 Å². The van der Waals surface area contributed by atoms with Crippen LogP contribution in [0.25, 0.3) is 0 Å². The first-order chi connectivity index (χ1) is 13.6. The van der Waals surface area contributed by atoms with Crippen molar-refractivity contribution in [2.45, 2.75) is 50.0 Å². The standard InChI is InChI=1S/C21H27F3N3O2/c1-13-11-16(26(2)3)7-8-18(13)27-10-9-17(20(27)29)25-19(28)14-5-4-6-15(12-14)21(22,23)24/h4-6,12-13,16-18H,1,7-11H2,2-3H3,(H,25,28)/t13-,16-,17?,18+/m1/s1. The van der Waals surface area contributed by atoms with Gasteiger partial charge in [-0.15, -0.1) is 0 Å². The van der Waals surface area contributed by atoms with E-state index >= 15 is 0 Å². The lowest BCUT2D eigenvalue weighted by atomic mass is 9.81. The van der Waals surface area contributed by atoms with Crippen LogP contribution in [-0.4, -0.2) is 60.4 Å². The summed E-state index contributed by atoms with van der Waals surface area (Å²) in [6.45, 7) is 4.77. The molecule has 1 N–H and O–H groups in total. The lowest BCUT2D eigenvalue weighted by Crippen LogP contribution is -2.50. The van der Waals surface area contributed by atoms with Crippen molar-refractivity contribution in [3.05, 3.63) is 42.3 Å². The Kier molecular flexibility index (Phi) is 6.22. The van der Waals surface area contributed by atoms with Crippen LogP contribution in [-0.2, 0) is 11.0 Å². The molecule has 159 valence electrons. The van der Waals surface area contributed by atoms with Crippen LogP contribution in [0.2, 0.25) is 0 Å². The van der Waals surface area contributed by atoms with Crippen molar-refractivity contribution in [1.82, 2.24) is 15.1 Å². The first-order valence-corrected chi connectivity index (χ1v) is 9.86. The lowest BCUT2D eigenvalue weighted by molar-refractivity contribution is -0.137. The molecule has 1 aromatic rings. The summed E-state index contributed by atoms with van der Waals surface area (Å²) in [7, 11) is 4.08. The highest BCUT2D eigenvalue weighted by Gasteiger charge is 2.41. The second kappa shape index (κ2) is 8.34. The molecule has 1 unspecified atom stereocenters. The van der Waals surface area contributed by atoms with E-state index in [0.717, 1.165) is 31.4 Å². The van der Waals surface area contributed by atoms with E-state index in [0.29, 0.717) is 19.0 Å². The van der Waals surface area contributed by atoms with Gasteiger partial charge < -0.3 is 15.1 Å². The minimum Gasteiger partial charge on any atom is -0.340 e. The van der Waals surface area contributed by atoms with Gasteiger partial charge in [-0.3, -0.25) is 9.59 Å². The number of carbonyl (C=O) groups is 2. The summed E-state index contributed by atoms with van der Waals surface area (Å²) in [4.78, 5) is 29.2. The fourth-order valence-corrected chi connectivity index (χ4v) is 4.35. The largest absolute Gasteiger partial charge is 0.416 e. The average Bonchev–Trinajstić information content (AvgIpc) is 3.01. The Bertz CT molecular complexity index is 766. The summed E-state index contributed by atoms with van der Waals surface area (Å²) in [5.74, 6) is -0.732. The topological polar surface area (TPSA) is 52.6 Å². The van der Waals surface area contributed by atoms with E-state index in [1.165, 1.54) is 12.1 Å². The monoisotopic (exact) mass is 410 g/mol. The maximum Gasteiger partial charge on any atom is 0.416 e. The van der Waals surface area contributed by atoms with Crippen molar-refractivity contribution in [2.24, 2.45) is 5.92 Å². The zero-order valence-corrected chi connectivity index (χ0v) is 16.7. The van der Waals surface area contributed by atoms with Gasteiger partial charge in [0.05, 0.1) is 5.56 Å². The maximum atomic E-state index is 12.9. The number of benzene rings is 1. The van der Waals surface area contributed by atoms with E-state index in [1.54, 1.807) is 4.90 Å². The first kappa shape index (κ1) is 21.6. The number of nitrogens with zero attached hydrogens (tertiary/aromatic N) is 2. The van der Waals surface area contributed by atoms with Crippen LogP contribution in [0.3, 0.4) is 0 Å². The number of hydrogen-bond acceptors (Lipinski definition) is 3. The van der Waals surface area contributed by atoms with E-state index in [-0.39, 0.29) is 23.4 Å². The van der Waals surface area contributed by atoms with E-state index in [1.807, 2.05) is 14.1 Å². The molecule has 2 aliphatic rings. The molecule has 4 atom stereocenters. The molecule has 1 radical (unpaired) electrons. The molecule has 8 heteroatoms. The summed E-state index contributed by atoms with van der Waals surface area (Å²) >= 11 is 0. The summed E-state index contributed by atoms with van der Waals surface area (Å²) in [5, 5.41) is 2.61. The van der Waals surface area contributed by atoms with Crippen molar-refractivity contribution in [3.8, 4) is 0 Å². The normalized spacial score (nSPS) is 28.1. The third kappa shape index (κ3) is 4.74. The Morgan fingerprint density at radius 1 is 1.24 bits per heavy atom. The number of alkyl halides is 3. The molecule has 1 saturated carbocycles. The first-order valence-electron chi connectivity index (χ1n) is 9.86. The van der Waals surface area contributed by atoms with Crippen LogP contribution in [0.1, 0.15) is 41.6 Å². The molecule has 3 rings (SSSR count). The molecule has 2 fully saturated rings. The maximum absolute atomic E-state index is 12.9. The summed E-state index contributed by atoms with van der Waals surface area (Å²) in [5.41, 5.74) is -0.991. The van der Waals surface area contributed by atoms with Gasteiger partial charge >= 0.3 is 6.18 Å². The molecule has 1 aromatic carbocycles. The fourth-order valence-electron chi connectivity index (χ4n) is 4.35. The highest BCUT2D eigenvalue weighted by molar-refractivity contribution is 5.98. The van der Waals surface area contributed by atoms with Gasteiger partial charge in [0, 0.05) is 24.2 Å². The van der Waals surface area contributed by atoms with Crippen molar-refractivity contribution in [1.29, 1.82) is 0 Å². The smallest absolute Gasteiger partial charge is 0.340 e. The SMILES string of the molecule is [CH2][C@@H]1C[C@H](N(C)C)CC[C@@H]1N1CCC(NC(=O)c2cccc(C(F)(F)F)c2)C1=O. The van der Waals surface area contributed by atoms with Gasteiger partial charge in [-0.2, -0.15) is 13.2 Å². The number of halogens is 3. The van der Waals surface area contributed by atoms with Gasteiger partial charge in [0.1, 0.15) is 6.04 Å². The molecule has 0 aromatic heterocycles. The zero-order chi connectivity index (χ0) is 21.3. The molecular weight excluding hydrogens is 383 g/mol. The summed E-state index contributed by atoms with van der Waals surface area (Å²) in [6, 6.07) is 4.00. The summed E-state index contributed by atoms with van der Waals surface area (Å²) in [6.07, 6.45) is -1.33.